The van der Waals surface area contributed by atoms with Crippen molar-refractivity contribution in [1.82, 2.24) is 24.4 Å². The number of ether oxygens (including phenoxy) is 2. The Hall–Kier alpha value is -4.36. The van der Waals surface area contributed by atoms with E-state index in [9.17, 15) is 10.1 Å². The Labute approximate surface area is 224 Å². The average molecular weight is 537 g/mol. The summed E-state index contributed by atoms with van der Waals surface area (Å²) in [5.74, 6) is -0.200. The average Bonchev–Trinajstić information content (AvgIpc) is 3.26. The van der Waals surface area contributed by atoms with Crippen LogP contribution in [0.1, 0.15) is 5.69 Å². The van der Waals surface area contributed by atoms with Gasteiger partial charge in [-0.05, 0) is 26.2 Å². The van der Waals surface area contributed by atoms with Crippen molar-refractivity contribution in [3.63, 3.8) is 0 Å². The van der Waals surface area contributed by atoms with Gasteiger partial charge in [0.15, 0.2) is 5.82 Å². The number of nitro benzene ring substituents is 1. The first kappa shape index (κ1) is 26.3. The molecular weight excluding hydrogens is 507 g/mol. The number of aromatic nitrogens is 4. The standard InChI is InChI=1S/C26H29FN8O4/c1-32(2)8-9-33(3)19-13-22(38-4)18(12-20(19)35(36)37)30-26-29-14-17(27)24(31-26)23-16-6-5-7-28-25(16)34-10-11-39-15-21(23)34/h5-7,12-14H,8-11,15H2,1-4H3,(H,29,30,31). The fourth-order valence-electron chi connectivity index (χ4n) is 4.68. The minimum atomic E-state index is -0.610. The van der Waals surface area contributed by atoms with E-state index in [1.807, 2.05) is 29.6 Å². The maximum absolute atomic E-state index is 15.2. The van der Waals surface area contributed by atoms with E-state index in [0.717, 1.165) is 22.9 Å². The van der Waals surface area contributed by atoms with Crippen LogP contribution in [-0.4, -0.2) is 77.3 Å². The predicted octanol–water partition coefficient (Wildman–Crippen LogP) is 3.82. The summed E-state index contributed by atoms with van der Waals surface area (Å²) in [5, 5.41) is 15.7. The van der Waals surface area contributed by atoms with Gasteiger partial charge >= 0.3 is 0 Å². The van der Waals surface area contributed by atoms with Gasteiger partial charge in [-0.15, -0.1) is 0 Å². The van der Waals surface area contributed by atoms with E-state index in [2.05, 4.69) is 20.3 Å². The summed E-state index contributed by atoms with van der Waals surface area (Å²) in [6.07, 6.45) is 2.77. The van der Waals surface area contributed by atoms with Crippen LogP contribution in [0.15, 0.2) is 36.7 Å². The number of nitrogens with zero attached hydrogens (tertiary/aromatic N) is 7. The third kappa shape index (κ3) is 5.05. The number of hydrogen-bond acceptors (Lipinski definition) is 10. The van der Waals surface area contributed by atoms with Crippen LogP contribution >= 0.6 is 0 Å². The van der Waals surface area contributed by atoms with Gasteiger partial charge in [-0.25, -0.2) is 19.3 Å². The Bertz CT molecular complexity index is 1540. The van der Waals surface area contributed by atoms with Crippen LogP contribution in [-0.2, 0) is 17.9 Å². The molecule has 4 aromatic rings. The van der Waals surface area contributed by atoms with Crippen molar-refractivity contribution in [2.75, 3.05) is 58.2 Å². The van der Waals surface area contributed by atoms with Gasteiger partial charge in [0.05, 0.1) is 42.8 Å². The number of pyridine rings is 1. The molecule has 12 nitrogen and oxygen atoms in total. The molecule has 1 aliphatic rings. The first-order chi connectivity index (χ1) is 18.8. The molecule has 0 saturated heterocycles. The van der Waals surface area contributed by atoms with Gasteiger partial charge in [0, 0.05) is 56.0 Å². The van der Waals surface area contributed by atoms with Gasteiger partial charge in [0.25, 0.3) is 5.69 Å². The summed E-state index contributed by atoms with van der Waals surface area (Å²) in [4.78, 5) is 28.4. The van der Waals surface area contributed by atoms with Crippen LogP contribution in [0.25, 0.3) is 22.3 Å². The number of benzene rings is 1. The minimum absolute atomic E-state index is 0.0569. The number of fused-ring (bicyclic) bond motifs is 3. The van der Waals surface area contributed by atoms with Crippen molar-refractivity contribution >= 4 is 34.0 Å². The van der Waals surface area contributed by atoms with Crippen LogP contribution in [0.5, 0.6) is 5.75 Å². The van der Waals surface area contributed by atoms with Crippen LogP contribution in [0.4, 0.5) is 27.4 Å². The van der Waals surface area contributed by atoms with E-state index in [-0.39, 0.29) is 23.0 Å². The Morgan fingerprint density at radius 2 is 2.08 bits per heavy atom. The van der Waals surface area contributed by atoms with Crippen molar-refractivity contribution in [3.8, 4) is 17.0 Å². The Kier molecular flexibility index (Phi) is 7.26. The second-order valence-electron chi connectivity index (χ2n) is 9.44. The largest absolute Gasteiger partial charge is 0.494 e. The monoisotopic (exact) mass is 536 g/mol. The summed E-state index contributed by atoms with van der Waals surface area (Å²) in [5.41, 5.74) is 2.73. The molecule has 0 unspecified atom stereocenters. The number of rotatable bonds is 9. The van der Waals surface area contributed by atoms with Crippen molar-refractivity contribution in [1.29, 1.82) is 0 Å². The molecule has 0 fully saturated rings. The van der Waals surface area contributed by atoms with Crippen molar-refractivity contribution in [3.05, 3.63) is 58.3 Å². The lowest BCUT2D eigenvalue weighted by atomic mass is 10.1. The molecule has 0 atom stereocenters. The van der Waals surface area contributed by atoms with Crippen molar-refractivity contribution in [2.45, 2.75) is 13.2 Å². The zero-order valence-electron chi connectivity index (χ0n) is 22.1. The van der Waals surface area contributed by atoms with E-state index in [1.165, 1.54) is 13.2 Å². The van der Waals surface area contributed by atoms with Gasteiger partial charge in [-0.3, -0.25) is 10.1 Å². The fourth-order valence-corrected chi connectivity index (χ4v) is 4.68. The lowest BCUT2D eigenvalue weighted by Crippen LogP contribution is -2.28. The Balaban J connectivity index is 1.56. The highest BCUT2D eigenvalue weighted by atomic mass is 19.1. The third-order valence-electron chi connectivity index (χ3n) is 6.64. The number of likely N-dealkylation sites (N-methyl/N-ethyl adjacent to an activating group) is 2. The number of nitrogens with one attached hydrogen (secondary N) is 1. The van der Waals surface area contributed by atoms with E-state index >= 15 is 4.39 Å². The third-order valence-corrected chi connectivity index (χ3v) is 6.64. The molecule has 4 heterocycles. The molecule has 204 valence electrons. The van der Waals surface area contributed by atoms with Crippen molar-refractivity contribution in [2.24, 2.45) is 0 Å². The van der Waals surface area contributed by atoms with E-state index < -0.39 is 10.7 Å². The molecule has 0 radical (unpaired) electrons. The lowest BCUT2D eigenvalue weighted by Gasteiger charge is -2.22. The molecule has 39 heavy (non-hydrogen) atoms. The van der Waals surface area contributed by atoms with Crippen molar-refractivity contribution < 1.29 is 18.8 Å². The van der Waals surface area contributed by atoms with Crippen LogP contribution < -0.4 is 15.0 Å². The maximum Gasteiger partial charge on any atom is 0.294 e. The smallest absolute Gasteiger partial charge is 0.294 e. The second kappa shape index (κ2) is 10.8. The number of hydrogen-bond donors (Lipinski definition) is 1. The number of anilines is 3. The first-order valence-corrected chi connectivity index (χ1v) is 12.3. The summed E-state index contributed by atoms with van der Waals surface area (Å²) >= 11 is 0. The van der Waals surface area contributed by atoms with Gasteiger partial charge in [-0.2, -0.15) is 0 Å². The highest BCUT2D eigenvalue weighted by molar-refractivity contribution is 5.95. The van der Waals surface area contributed by atoms with Gasteiger partial charge in [-0.1, -0.05) is 0 Å². The topological polar surface area (TPSA) is 124 Å². The molecule has 0 bridgehead atoms. The Morgan fingerprint density at radius 3 is 2.82 bits per heavy atom. The quantitative estimate of drug-likeness (QED) is 0.249. The van der Waals surface area contributed by atoms with Crippen LogP contribution in [0.3, 0.4) is 0 Å². The van der Waals surface area contributed by atoms with E-state index in [4.69, 9.17) is 9.47 Å². The van der Waals surface area contributed by atoms with Gasteiger partial charge < -0.3 is 29.2 Å². The molecule has 0 saturated carbocycles. The first-order valence-electron chi connectivity index (χ1n) is 12.3. The summed E-state index contributed by atoms with van der Waals surface area (Å²) in [7, 11) is 7.13. The molecule has 0 spiro atoms. The normalized spacial score (nSPS) is 13.0. The molecular formula is C26H29FN8O4. The minimum Gasteiger partial charge on any atom is -0.494 e. The molecule has 0 amide bonds. The number of halogens is 1. The SMILES string of the molecule is COc1cc(N(C)CCN(C)C)c([N+](=O)[O-])cc1Nc1ncc(F)c(-c2c3n(c4ncccc24)CCOC3)n1. The number of methoxy groups -OCH3 is 1. The Morgan fingerprint density at radius 1 is 1.26 bits per heavy atom. The zero-order valence-corrected chi connectivity index (χ0v) is 22.1. The summed E-state index contributed by atoms with van der Waals surface area (Å²) < 4.78 is 28.4. The molecule has 1 aliphatic heterocycles. The second-order valence-corrected chi connectivity index (χ2v) is 9.44. The number of nitro groups is 1. The molecule has 3 aromatic heterocycles. The fraction of sp³-hybridized carbons (Fsp3) is 0.346. The molecule has 1 N–H and O–H groups in total. The predicted molar refractivity (Wildman–Crippen MR) is 145 cm³/mol. The summed E-state index contributed by atoms with van der Waals surface area (Å²) in [6, 6.07) is 6.63. The van der Waals surface area contributed by atoms with E-state index in [1.54, 1.807) is 30.3 Å². The molecule has 5 rings (SSSR count). The van der Waals surface area contributed by atoms with Gasteiger partial charge in [0.1, 0.15) is 22.8 Å². The molecule has 0 aliphatic carbocycles. The zero-order chi connectivity index (χ0) is 27.7. The van der Waals surface area contributed by atoms with Gasteiger partial charge in [0.2, 0.25) is 5.95 Å². The highest BCUT2D eigenvalue weighted by Crippen LogP contribution is 2.40. The maximum atomic E-state index is 15.2. The summed E-state index contributed by atoms with van der Waals surface area (Å²) in [6.45, 7) is 2.70. The van der Waals surface area contributed by atoms with Crippen LogP contribution in [0.2, 0.25) is 0 Å². The van der Waals surface area contributed by atoms with E-state index in [0.29, 0.717) is 49.8 Å². The van der Waals surface area contributed by atoms with Crippen LogP contribution in [0, 0.1) is 15.9 Å². The lowest BCUT2D eigenvalue weighted by molar-refractivity contribution is -0.384. The molecule has 1 aromatic carbocycles. The highest BCUT2D eigenvalue weighted by Gasteiger charge is 2.26. The molecule has 13 heteroatoms.